The lowest BCUT2D eigenvalue weighted by Gasteiger charge is -2.18. The third-order valence-electron chi connectivity index (χ3n) is 4.36. The van der Waals surface area contributed by atoms with Crippen LogP contribution in [0.25, 0.3) is 0 Å². The van der Waals surface area contributed by atoms with Gasteiger partial charge in [-0.05, 0) is 60.7 Å². The molecule has 0 aliphatic heterocycles. The zero-order chi connectivity index (χ0) is 21.6. The van der Waals surface area contributed by atoms with Crippen LogP contribution in [-0.4, -0.2) is 35.1 Å². The molecule has 0 unspecified atom stereocenters. The molecule has 0 fully saturated rings. The normalized spacial score (nSPS) is 10.9. The van der Waals surface area contributed by atoms with Crippen LogP contribution in [-0.2, 0) is 14.8 Å². The second kappa shape index (κ2) is 9.32. The lowest BCUT2D eigenvalue weighted by atomic mass is 10.3. The molecule has 0 aliphatic carbocycles. The molecule has 3 rings (SSSR count). The van der Waals surface area contributed by atoms with Crippen LogP contribution in [0.4, 0.5) is 11.4 Å². The molecule has 30 heavy (non-hydrogen) atoms. The lowest BCUT2D eigenvalue weighted by Crippen LogP contribution is -2.31. The Balaban J connectivity index is 1.59. The number of rotatable bonds is 8. The highest BCUT2D eigenvalue weighted by molar-refractivity contribution is 7.92. The quantitative estimate of drug-likeness (QED) is 0.596. The molecule has 0 bridgehead atoms. The molecule has 3 aromatic rings. The van der Waals surface area contributed by atoms with E-state index >= 15 is 0 Å². The highest BCUT2D eigenvalue weighted by Gasteiger charge is 2.15. The summed E-state index contributed by atoms with van der Waals surface area (Å²) in [6, 6.07) is 21.6. The van der Waals surface area contributed by atoms with Crippen LogP contribution in [0.2, 0.25) is 0 Å². The van der Waals surface area contributed by atoms with Crippen LogP contribution in [0.3, 0.4) is 0 Å². The van der Waals surface area contributed by atoms with Gasteiger partial charge in [0.05, 0.1) is 12.0 Å². The predicted octanol–water partition coefficient (Wildman–Crippen LogP) is 3.54. The molecule has 0 aliphatic rings. The number of anilines is 2. The monoisotopic (exact) mass is 426 g/mol. The third-order valence-corrected chi connectivity index (χ3v) is 5.75. The summed E-state index contributed by atoms with van der Waals surface area (Å²) in [7, 11) is -0.481. The van der Waals surface area contributed by atoms with E-state index in [1.807, 2.05) is 0 Å². The van der Waals surface area contributed by atoms with E-state index in [-0.39, 0.29) is 17.4 Å². The van der Waals surface area contributed by atoms with Crippen molar-refractivity contribution in [2.24, 2.45) is 0 Å². The summed E-state index contributed by atoms with van der Waals surface area (Å²) >= 11 is 0. The highest BCUT2D eigenvalue weighted by atomic mass is 32.2. The van der Waals surface area contributed by atoms with Gasteiger partial charge in [0.1, 0.15) is 11.5 Å². The van der Waals surface area contributed by atoms with E-state index in [4.69, 9.17) is 9.47 Å². The Labute approximate surface area is 175 Å². The van der Waals surface area contributed by atoms with Crippen molar-refractivity contribution in [3.63, 3.8) is 0 Å². The SMILES string of the molecule is COc1ccc(N(C)C(=O)COc2ccc(S(=O)(=O)Nc3ccccc3)cc2)cc1. The fourth-order valence-corrected chi connectivity index (χ4v) is 3.69. The fourth-order valence-electron chi connectivity index (χ4n) is 2.63. The Hall–Kier alpha value is -3.52. The van der Waals surface area contributed by atoms with Crippen LogP contribution in [0.5, 0.6) is 11.5 Å². The molecule has 0 radical (unpaired) electrons. The fraction of sp³-hybridized carbons (Fsp3) is 0.136. The van der Waals surface area contributed by atoms with E-state index in [0.29, 0.717) is 22.9 Å². The first-order valence-corrected chi connectivity index (χ1v) is 10.6. The van der Waals surface area contributed by atoms with E-state index in [9.17, 15) is 13.2 Å². The van der Waals surface area contributed by atoms with Gasteiger partial charge in [-0.25, -0.2) is 8.42 Å². The summed E-state index contributed by atoms with van der Waals surface area (Å²) in [5.41, 5.74) is 1.18. The number of hydrogen-bond acceptors (Lipinski definition) is 5. The van der Waals surface area contributed by atoms with Gasteiger partial charge in [-0.3, -0.25) is 9.52 Å². The molecule has 156 valence electrons. The van der Waals surface area contributed by atoms with Crippen LogP contribution in [0.15, 0.2) is 83.8 Å². The van der Waals surface area contributed by atoms with Crippen molar-refractivity contribution in [1.29, 1.82) is 0 Å². The zero-order valence-electron chi connectivity index (χ0n) is 16.6. The number of methoxy groups -OCH3 is 1. The van der Waals surface area contributed by atoms with Crippen molar-refractivity contribution in [3.05, 3.63) is 78.9 Å². The lowest BCUT2D eigenvalue weighted by molar-refractivity contribution is -0.120. The van der Waals surface area contributed by atoms with E-state index in [1.54, 1.807) is 68.8 Å². The van der Waals surface area contributed by atoms with Crippen molar-refractivity contribution < 1.29 is 22.7 Å². The first-order valence-electron chi connectivity index (χ1n) is 9.10. The van der Waals surface area contributed by atoms with E-state index in [1.165, 1.54) is 29.2 Å². The van der Waals surface area contributed by atoms with Gasteiger partial charge in [-0.15, -0.1) is 0 Å². The Morgan fingerprint density at radius 1 is 0.900 bits per heavy atom. The van der Waals surface area contributed by atoms with E-state index < -0.39 is 10.0 Å². The van der Waals surface area contributed by atoms with Gasteiger partial charge < -0.3 is 14.4 Å². The number of nitrogens with zero attached hydrogens (tertiary/aromatic N) is 1. The van der Waals surface area contributed by atoms with Gasteiger partial charge >= 0.3 is 0 Å². The highest BCUT2D eigenvalue weighted by Crippen LogP contribution is 2.20. The van der Waals surface area contributed by atoms with E-state index in [2.05, 4.69) is 4.72 Å². The topological polar surface area (TPSA) is 84.9 Å². The summed E-state index contributed by atoms with van der Waals surface area (Å²) in [6.07, 6.45) is 0. The van der Waals surface area contributed by atoms with Crippen molar-refractivity contribution in [2.45, 2.75) is 4.90 Å². The number of amides is 1. The number of sulfonamides is 1. The first-order chi connectivity index (χ1) is 14.4. The van der Waals surface area contributed by atoms with Crippen LogP contribution in [0, 0.1) is 0 Å². The maximum atomic E-state index is 12.4. The first kappa shape index (κ1) is 21.2. The summed E-state index contributed by atoms with van der Waals surface area (Å²) in [6.45, 7) is -0.184. The number of hydrogen-bond donors (Lipinski definition) is 1. The summed E-state index contributed by atoms with van der Waals surface area (Å²) < 4.78 is 38.0. The standard InChI is InChI=1S/C22H22N2O5S/c1-24(18-8-10-19(28-2)11-9-18)22(25)16-29-20-12-14-21(15-13-20)30(26,27)23-17-6-4-3-5-7-17/h3-15,23H,16H2,1-2H3. The number of carbonyl (C=O) groups excluding carboxylic acids is 1. The minimum atomic E-state index is -3.71. The number of benzene rings is 3. The third kappa shape index (κ3) is 5.30. The molecule has 0 saturated carbocycles. The average molecular weight is 426 g/mol. The van der Waals surface area contributed by atoms with Gasteiger partial charge in [0.25, 0.3) is 15.9 Å². The molecule has 8 heteroatoms. The smallest absolute Gasteiger partial charge is 0.264 e. The van der Waals surface area contributed by atoms with Crippen molar-refractivity contribution in [3.8, 4) is 11.5 Å². The van der Waals surface area contributed by atoms with Crippen LogP contribution in [0.1, 0.15) is 0 Å². The number of nitrogens with one attached hydrogen (secondary N) is 1. The van der Waals surface area contributed by atoms with Gasteiger partial charge in [-0.1, -0.05) is 18.2 Å². The van der Waals surface area contributed by atoms with Crippen molar-refractivity contribution in [1.82, 2.24) is 0 Å². The maximum absolute atomic E-state index is 12.4. The molecule has 0 saturated heterocycles. The van der Waals surface area contributed by atoms with E-state index in [0.717, 1.165) is 0 Å². The molecular formula is C22H22N2O5S. The molecular weight excluding hydrogens is 404 g/mol. The molecule has 3 aromatic carbocycles. The zero-order valence-corrected chi connectivity index (χ0v) is 17.4. The second-order valence-electron chi connectivity index (χ2n) is 6.38. The van der Waals surface area contributed by atoms with Gasteiger partial charge in [0, 0.05) is 18.4 Å². The Morgan fingerprint density at radius 3 is 2.10 bits per heavy atom. The summed E-state index contributed by atoms with van der Waals surface area (Å²) in [4.78, 5) is 13.9. The minimum absolute atomic E-state index is 0.0976. The van der Waals surface area contributed by atoms with Gasteiger partial charge in [0.15, 0.2) is 6.61 Å². The van der Waals surface area contributed by atoms with Gasteiger partial charge in [-0.2, -0.15) is 0 Å². The predicted molar refractivity (Wildman–Crippen MR) is 116 cm³/mol. The Bertz CT molecular complexity index is 1080. The van der Waals surface area contributed by atoms with Crippen molar-refractivity contribution >= 4 is 27.3 Å². The largest absolute Gasteiger partial charge is 0.497 e. The maximum Gasteiger partial charge on any atom is 0.264 e. The average Bonchev–Trinajstić information content (AvgIpc) is 2.77. The second-order valence-corrected chi connectivity index (χ2v) is 8.06. The number of para-hydroxylation sites is 1. The van der Waals surface area contributed by atoms with Crippen molar-refractivity contribution in [2.75, 3.05) is 30.4 Å². The molecule has 0 aromatic heterocycles. The number of carbonyl (C=O) groups is 1. The van der Waals surface area contributed by atoms with Gasteiger partial charge in [0.2, 0.25) is 0 Å². The summed E-state index contributed by atoms with van der Waals surface area (Å²) in [5, 5.41) is 0. The minimum Gasteiger partial charge on any atom is -0.497 e. The van der Waals surface area contributed by atoms with Crippen LogP contribution >= 0.6 is 0 Å². The van der Waals surface area contributed by atoms with Crippen LogP contribution < -0.4 is 19.1 Å². The molecule has 7 nitrogen and oxygen atoms in total. The Morgan fingerprint density at radius 2 is 1.50 bits per heavy atom. The number of likely N-dealkylation sites (N-methyl/N-ethyl adjacent to an activating group) is 1. The Kier molecular flexibility index (Phi) is 6.58. The number of ether oxygens (including phenoxy) is 2. The molecule has 1 N–H and O–H groups in total. The molecule has 0 heterocycles. The molecule has 0 atom stereocenters. The molecule has 0 spiro atoms. The summed E-state index contributed by atoms with van der Waals surface area (Å²) in [5.74, 6) is 0.848. The molecule has 1 amide bonds.